The minimum Gasteiger partial charge on any atom is -0.388 e. The second-order valence-corrected chi connectivity index (χ2v) is 3.34. The highest BCUT2D eigenvalue weighted by Gasteiger charge is 2.10. The molecule has 0 aliphatic heterocycles. The number of primary amides is 1. The fourth-order valence-corrected chi connectivity index (χ4v) is 0.944. The minimum atomic E-state index is -0.549. The second-order valence-electron chi connectivity index (χ2n) is 2.90. The smallest absolute Gasteiger partial charge is 0.239 e. The van der Waals surface area contributed by atoms with Crippen LogP contribution in [0, 0.1) is 0 Å². The first-order chi connectivity index (χ1) is 7.00. The number of thiocarbonyl (C=S) groups is 1. The number of amides is 1. The maximum atomic E-state index is 10.8. The van der Waals surface area contributed by atoms with E-state index in [1.54, 1.807) is 13.0 Å². The first-order valence-electron chi connectivity index (χ1n) is 4.19. The fourth-order valence-electron chi connectivity index (χ4n) is 0.830. The summed E-state index contributed by atoms with van der Waals surface area (Å²) in [5.41, 5.74) is 10.9. The quantitative estimate of drug-likeness (QED) is 0.590. The van der Waals surface area contributed by atoms with Crippen molar-refractivity contribution in [2.75, 3.05) is 5.32 Å². The molecule has 0 saturated carbocycles. The molecule has 0 aromatic carbocycles. The van der Waals surface area contributed by atoms with Crippen LogP contribution in [0.4, 0.5) is 5.95 Å². The highest BCUT2D eigenvalue weighted by Crippen LogP contribution is 2.02. The van der Waals surface area contributed by atoms with Gasteiger partial charge in [0.1, 0.15) is 16.7 Å². The third-order valence-corrected chi connectivity index (χ3v) is 1.89. The molecule has 1 atom stereocenters. The molecule has 0 aliphatic rings. The van der Waals surface area contributed by atoms with Crippen molar-refractivity contribution in [3.8, 4) is 0 Å². The predicted molar refractivity (Wildman–Crippen MR) is 60.2 cm³/mol. The van der Waals surface area contributed by atoms with E-state index in [2.05, 4.69) is 15.3 Å². The third kappa shape index (κ3) is 3.13. The van der Waals surface area contributed by atoms with Gasteiger partial charge in [0.15, 0.2) is 0 Å². The number of anilines is 1. The summed E-state index contributed by atoms with van der Waals surface area (Å²) >= 11 is 4.75. The molecule has 0 fully saturated rings. The number of hydrogen-bond donors (Lipinski definition) is 3. The zero-order valence-electron chi connectivity index (χ0n) is 8.10. The average Bonchev–Trinajstić information content (AvgIpc) is 2.18. The summed E-state index contributed by atoms with van der Waals surface area (Å²) in [6.45, 7) is 1.61. The van der Waals surface area contributed by atoms with Crippen LogP contribution in [0.25, 0.3) is 0 Å². The molecule has 1 heterocycles. The van der Waals surface area contributed by atoms with Gasteiger partial charge in [0.25, 0.3) is 0 Å². The highest BCUT2D eigenvalue weighted by molar-refractivity contribution is 7.80. The van der Waals surface area contributed by atoms with Gasteiger partial charge in [0.2, 0.25) is 11.9 Å². The van der Waals surface area contributed by atoms with Crippen molar-refractivity contribution in [1.29, 1.82) is 0 Å². The Morgan fingerprint density at radius 3 is 2.80 bits per heavy atom. The monoisotopic (exact) mass is 225 g/mol. The summed E-state index contributed by atoms with van der Waals surface area (Å²) in [6, 6.07) is 1.04. The lowest BCUT2D eigenvalue weighted by Crippen LogP contribution is -2.33. The Hall–Kier alpha value is -1.76. The Kier molecular flexibility index (Phi) is 3.51. The molecule has 0 saturated heterocycles. The van der Waals surface area contributed by atoms with Gasteiger partial charge in [-0.15, -0.1) is 0 Å². The number of nitrogens with one attached hydrogen (secondary N) is 1. The van der Waals surface area contributed by atoms with Gasteiger partial charge in [-0.05, 0) is 13.0 Å². The largest absolute Gasteiger partial charge is 0.388 e. The molecular formula is C8H11N5OS. The predicted octanol–water partition coefficient (Wildman–Crippen LogP) is -0.604. The summed E-state index contributed by atoms with van der Waals surface area (Å²) in [5.74, 6) is -0.217. The number of hydrogen-bond acceptors (Lipinski definition) is 5. The molecule has 1 aromatic rings. The first-order valence-corrected chi connectivity index (χ1v) is 4.60. The molecule has 15 heavy (non-hydrogen) atoms. The molecule has 80 valence electrons. The normalized spacial score (nSPS) is 11.8. The number of carbonyl (C=O) groups is 1. The lowest BCUT2D eigenvalue weighted by Gasteiger charge is -2.09. The highest BCUT2D eigenvalue weighted by atomic mass is 32.1. The van der Waals surface area contributed by atoms with Crippen LogP contribution < -0.4 is 16.8 Å². The Bertz CT molecular complexity index is 394. The molecule has 1 rings (SSSR count). The van der Waals surface area contributed by atoms with Crippen LogP contribution in [0.1, 0.15) is 12.6 Å². The number of carbonyl (C=O) groups excluding carboxylic acids is 1. The number of nitrogens with two attached hydrogens (primary N) is 2. The summed E-state index contributed by atoms with van der Waals surface area (Å²) in [5, 5.41) is 2.72. The fraction of sp³-hybridized carbons (Fsp3) is 0.250. The van der Waals surface area contributed by atoms with Gasteiger partial charge < -0.3 is 16.8 Å². The number of aromatic nitrogens is 2. The van der Waals surface area contributed by atoms with Crippen molar-refractivity contribution in [2.24, 2.45) is 11.5 Å². The van der Waals surface area contributed by atoms with Crippen LogP contribution in [-0.2, 0) is 4.79 Å². The first kappa shape index (κ1) is 11.3. The van der Waals surface area contributed by atoms with Crippen molar-refractivity contribution in [3.05, 3.63) is 18.0 Å². The Morgan fingerprint density at radius 1 is 1.60 bits per heavy atom. The molecule has 0 aliphatic carbocycles. The molecule has 0 spiro atoms. The van der Waals surface area contributed by atoms with E-state index in [1.165, 1.54) is 6.20 Å². The zero-order chi connectivity index (χ0) is 11.4. The van der Waals surface area contributed by atoms with Gasteiger partial charge >= 0.3 is 0 Å². The summed E-state index contributed by atoms with van der Waals surface area (Å²) in [6.07, 6.45) is 1.50. The average molecular weight is 225 g/mol. The molecule has 7 heteroatoms. The number of rotatable bonds is 4. The second kappa shape index (κ2) is 4.65. The molecular weight excluding hydrogens is 214 g/mol. The molecule has 6 nitrogen and oxygen atoms in total. The van der Waals surface area contributed by atoms with E-state index in [9.17, 15) is 4.79 Å². The van der Waals surface area contributed by atoms with Crippen molar-refractivity contribution in [2.45, 2.75) is 13.0 Å². The van der Waals surface area contributed by atoms with Crippen LogP contribution in [0.15, 0.2) is 12.3 Å². The van der Waals surface area contributed by atoms with Crippen LogP contribution in [-0.4, -0.2) is 26.9 Å². The Labute approximate surface area is 92.1 Å². The SMILES string of the molecule is CC(Nc1nccc(C(N)=S)n1)C(N)=O. The van der Waals surface area contributed by atoms with Gasteiger partial charge in [-0.25, -0.2) is 9.97 Å². The molecule has 1 unspecified atom stereocenters. The van der Waals surface area contributed by atoms with Crippen molar-refractivity contribution in [1.82, 2.24) is 9.97 Å². The number of nitrogens with zero attached hydrogens (tertiary/aromatic N) is 2. The minimum absolute atomic E-state index is 0.173. The maximum Gasteiger partial charge on any atom is 0.239 e. The van der Waals surface area contributed by atoms with E-state index in [4.69, 9.17) is 23.7 Å². The van der Waals surface area contributed by atoms with Crippen molar-refractivity contribution < 1.29 is 4.79 Å². The van der Waals surface area contributed by atoms with E-state index in [0.717, 1.165) is 0 Å². The van der Waals surface area contributed by atoms with E-state index in [-0.39, 0.29) is 10.9 Å². The molecule has 5 N–H and O–H groups in total. The topological polar surface area (TPSA) is 107 Å². The molecule has 1 amide bonds. The lowest BCUT2D eigenvalue weighted by atomic mass is 10.3. The Balaban J connectivity index is 2.82. The van der Waals surface area contributed by atoms with E-state index >= 15 is 0 Å². The van der Waals surface area contributed by atoms with Crippen LogP contribution in [0.3, 0.4) is 0 Å². The molecule has 1 aromatic heterocycles. The standard InChI is InChI=1S/C8H11N5OS/c1-4(6(9)14)12-8-11-3-2-5(13-8)7(10)15/h2-4H,1H3,(H2,9,14)(H2,10,15)(H,11,12,13). The lowest BCUT2D eigenvalue weighted by molar-refractivity contribution is -0.118. The van der Waals surface area contributed by atoms with Crippen LogP contribution >= 0.6 is 12.2 Å². The van der Waals surface area contributed by atoms with Gasteiger partial charge in [-0.3, -0.25) is 4.79 Å². The van der Waals surface area contributed by atoms with Crippen molar-refractivity contribution in [3.63, 3.8) is 0 Å². The summed E-state index contributed by atoms with van der Waals surface area (Å²) in [7, 11) is 0. The molecule has 0 radical (unpaired) electrons. The van der Waals surface area contributed by atoms with Crippen molar-refractivity contribution >= 4 is 29.1 Å². The van der Waals surface area contributed by atoms with Crippen LogP contribution in [0.2, 0.25) is 0 Å². The molecule has 0 bridgehead atoms. The van der Waals surface area contributed by atoms with E-state index < -0.39 is 11.9 Å². The van der Waals surface area contributed by atoms with Gasteiger partial charge in [-0.2, -0.15) is 0 Å². The summed E-state index contributed by atoms with van der Waals surface area (Å²) < 4.78 is 0. The third-order valence-electron chi connectivity index (χ3n) is 1.68. The van der Waals surface area contributed by atoms with Gasteiger partial charge in [-0.1, -0.05) is 12.2 Å². The van der Waals surface area contributed by atoms with E-state index in [0.29, 0.717) is 5.69 Å². The zero-order valence-corrected chi connectivity index (χ0v) is 8.91. The van der Waals surface area contributed by atoms with E-state index in [1.807, 2.05) is 0 Å². The van der Waals surface area contributed by atoms with Gasteiger partial charge in [0, 0.05) is 6.20 Å². The van der Waals surface area contributed by atoms with Gasteiger partial charge in [0.05, 0.1) is 0 Å². The maximum absolute atomic E-state index is 10.8. The summed E-state index contributed by atoms with van der Waals surface area (Å²) in [4.78, 5) is 18.8. The Morgan fingerprint density at radius 2 is 2.27 bits per heavy atom. The van der Waals surface area contributed by atoms with Crippen LogP contribution in [0.5, 0.6) is 0 Å².